The molecule has 0 atom stereocenters. The Morgan fingerprint density at radius 3 is 2.46 bits per heavy atom. The fraction of sp³-hybridized carbons (Fsp3) is 0.512. The minimum Gasteiger partial charge on any atom is -0.381 e. The molecule has 0 unspecified atom stereocenters. The highest BCUT2D eigenvalue weighted by Gasteiger charge is 2.55. The first-order valence-electron chi connectivity index (χ1n) is 19.1. The highest BCUT2D eigenvalue weighted by Crippen LogP contribution is 2.52. The number of halogens is 1. The lowest BCUT2D eigenvalue weighted by atomic mass is 9.75. The molecule has 10 nitrogen and oxygen atoms in total. The Morgan fingerprint density at radius 1 is 1.00 bits per heavy atom. The molecule has 2 N–H and O–H groups in total. The van der Waals surface area contributed by atoms with E-state index in [0.717, 1.165) is 48.3 Å². The van der Waals surface area contributed by atoms with Gasteiger partial charge in [-0.15, -0.1) is 0 Å². The number of hydrogen-bond acceptors (Lipinski definition) is 7. The number of ether oxygens (including phenoxy) is 1. The number of aromatic nitrogens is 3. The van der Waals surface area contributed by atoms with E-state index in [-0.39, 0.29) is 35.6 Å². The standard InChI is InChI=1S/C41H50FN7O3/c1-24(2)44-39(50)30-21-34(32(42)17-26(30)5)46-38-37-35(43-23-48(37)25(3)4)22-33(45-38)27-9-10-31-36(18-27)49(40(51)41(31)11-15-52-16-12-41)29-19-28(20-29)47-13-7-6-8-14-47/h9-10,17-18,21-25,28-29H,6-8,11-16,19-20H2,1-5H3,(H,44,50)(H,45,46). The molecule has 3 fully saturated rings. The van der Waals surface area contributed by atoms with Gasteiger partial charge in [-0.05, 0) is 122 Å². The number of piperidine rings is 1. The van der Waals surface area contributed by atoms with Crippen LogP contribution in [0.5, 0.6) is 0 Å². The summed E-state index contributed by atoms with van der Waals surface area (Å²) < 4.78 is 23.4. The lowest BCUT2D eigenvalue weighted by molar-refractivity contribution is -0.127. The Labute approximate surface area is 305 Å². The Hall–Kier alpha value is -4.35. The summed E-state index contributed by atoms with van der Waals surface area (Å²) >= 11 is 0. The minimum atomic E-state index is -0.564. The number of aryl methyl sites for hydroxylation is 1. The molecule has 52 heavy (non-hydrogen) atoms. The summed E-state index contributed by atoms with van der Waals surface area (Å²) in [5.41, 5.74) is 5.57. The van der Waals surface area contributed by atoms with Gasteiger partial charge in [0.1, 0.15) is 11.3 Å². The quantitative estimate of drug-likeness (QED) is 0.197. The van der Waals surface area contributed by atoms with Crippen LogP contribution in [0.1, 0.15) is 100 Å². The van der Waals surface area contributed by atoms with Crippen molar-refractivity contribution < 1.29 is 18.7 Å². The van der Waals surface area contributed by atoms with Crippen LogP contribution in [0.4, 0.5) is 21.6 Å². The minimum absolute atomic E-state index is 0.0630. The van der Waals surface area contributed by atoms with Crippen LogP contribution >= 0.6 is 0 Å². The van der Waals surface area contributed by atoms with Crippen molar-refractivity contribution in [2.45, 2.75) is 109 Å². The molecule has 11 heteroatoms. The van der Waals surface area contributed by atoms with E-state index in [0.29, 0.717) is 60.3 Å². The molecule has 2 aromatic heterocycles. The number of hydrogen-bond donors (Lipinski definition) is 2. The topological polar surface area (TPSA) is 105 Å². The average Bonchev–Trinajstić information content (AvgIpc) is 3.64. The Bertz CT molecular complexity index is 2020. The molecule has 8 rings (SSSR count). The largest absolute Gasteiger partial charge is 0.381 e. The Kier molecular flexibility index (Phi) is 9.06. The Morgan fingerprint density at radius 2 is 1.75 bits per heavy atom. The number of amides is 2. The van der Waals surface area contributed by atoms with Crippen LogP contribution in [-0.2, 0) is 14.9 Å². The lowest BCUT2D eigenvalue weighted by Gasteiger charge is -2.48. The van der Waals surface area contributed by atoms with Gasteiger partial charge >= 0.3 is 0 Å². The van der Waals surface area contributed by atoms with Gasteiger partial charge < -0.3 is 29.7 Å². The molecule has 4 aliphatic rings. The van der Waals surface area contributed by atoms with Gasteiger partial charge in [0.25, 0.3) is 5.91 Å². The molecule has 4 aromatic rings. The third-order valence-electron chi connectivity index (χ3n) is 11.7. The second-order valence-corrected chi connectivity index (χ2v) is 15.8. The molecule has 2 saturated heterocycles. The van der Waals surface area contributed by atoms with Crippen LogP contribution in [0.3, 0.4) is 0 Å². The highest BCUT2D eigenvalue weighted by atomic mass is 19.1. The summed E-state index contributed by atoms with van der Waals surface area (Å²) in [5.74, 6) is -0.0951. The second kappa shape index (κ2) is 13.6. The van der Waals surface area contributed by atoms with Crippen LogP contribution < -0.4 is 15.5 Å². The normalized spacial score (nSPS) is 21.6. The third-order valence-corrected chi connectivity index (χ3v) is 11.7. The number of nitrogens with one attached hydrogen (secondary N) is 2. The first-order valence-corrected chi connectivity index (χ1v) is 19.1. The van der Waals surface area contributed by atoms with E-state index in [9.17, 15) is 9.59 Å². The first-order chi connectivity index (χ1) is 25.0. The molecule has 3 aliphatic heterocycles. The van der Waals surface area contributed by atoms with E-state index in [1.807, 2.05) is 24.5 Å². The van der Waals surface area contributed by atoms with Crippen LogP contribution in [0, 0.1) is 12.7 Å². The number of carbonyl (C=O) groups is 2. The molecule has 2 amide bonds. The maximum absolute atomic E-state index is 15.6. The molecule has 5 heterocycles. The monoisotopic (exact) mass is 707 g/mol. The maximum atomic E-state index is 15.6. The van der Waals surface area contributed by atoms with Crippen molar-refractivity contribution in [3.8, 4) is 11.3 Å². The summed E-state index contributed by atoms with van der Waals surface area (Å²) in [7, 11) is 0. The fourth-order valence-electron chi connectivity index (χ4n) is 8.83. The van der Waals surface area contributed by atoms with Gasteiger partial charge in [0, 0.05) is 54.2 Å². The van der Waals surface area contributed by atoms with Crippen molar-refractivity contribution in [1.82, 2.24) is 24.8 Å². The molecule has 1 aliphatic carbocycles. The van der Waals surface area contributed by atoms with Crippen molar-refractivity contribution in [2.75, 3.05) is 36.5 Å². The highest BCUT2D eigenvalue weighted by molar-refractivity contribution is 6.09. The number of anilines is 3. The molecule has 1 saturated carbocycles. The number of carbonyl (C=O) groups excluding carboxylic acids is 2. The van der Waals surface area contributed by atoms with Gasteiger partial charge in [0.2, 0.25) is 5.91 Å². The van der Waals surface area contributed by atoms with E-state index >= 15 is 4.39 Å². The van der Waals surface area contributed by atoms with Crippen molar-refractivity contribution in [2.24, 2.45) is 0 Å². The molecule has 0 bridgehead atoms. The predicted octanol–water partition coefficient (Wildman–Crippen LogP) is 7.42. The summed E-state index contributed by atoms with van der Waals surface area (Å²) in [5, 5.41) is 6.18. The first kappa shape index (κ1) is 34.7. The van der Waals surface area contributed by atoms with Crippen molar-refractivity contribution >= 4 is 40.0 Å². The summed E-state index contributed by atoms with van der Waals surface area (Å²) in [6.07, 6.45) is 8.96. The van der Waals surface area contributed by atoms with E-state index in [1.165, 1.54) is 25.3 Å². The number of rotatable bonds is 8. The van der Waals surface area contributed by atoms with Gasteiger partial charge in [0.15, 0.2) is 5.82 Å². The van der Waals surface area contributed by atoms with Crippen molar-refractivity contribution in [3.63, 3.8) is 0 Å². The average molecular weight is 708 g/mol. The smallest absolute Gasteiger partial charge is 0.251 e. The van der Waals surface area contributed by atoms with Crippen molar-refractivity contribution in [3.05, 3.63) is 65.2 Å². The number of fused-ring (bicyclic) bond motifs is 3. The van der Waals surface area contributed by atoms with Gasteiger partial charge in [-0.1, -0.05) is 18.6 Å². The molecule has 274 valence electrons. The fourth-order valence-corrected chi connectivity index (χ4v) is 8.83. The third kappa shape index (κ3) is 5.95. The number of nitrogens with zero attached hydrogens (tertiary/aromatic N) is 5. The van der Waals surface area contributed by atoms with E-state index in [4.69, 9.17) is 14.7 Å². The lowest BCUT2D eigenvalue weighted by Crippen LogP contribution is -2.57. The molecule has 0 radical (unpaired) electrons. The number of pyridine rings is 1. The van der Waals surface area contributed by atoms with Crippen LogP contribution in [0.2, 0.25) is 0 Å². The second-order valence-electron chi connectivity index (χ2n) is 15.8. The predicted molar refractivity (Wildman–Crippen MR) is 202 cm³/mol. The van der Waals surface area contributed by atoms with E-state index in [2.05, 4.69) is 52.5 Å². The zero-order chi connectivity index (χ0) is 36.3. The molecular formula is C41H50FN7O3. The molecule has 2 aromatic carbocycles. The van der Waals surface area contributed by atoms with E-state index < -0.39 is 11.2 Å². The Balaban J connectivity index is 1.19. The van der Waals surface area contributed by atoms with Gasteiger partial charge in [-0.25, -0.2) is 14.4 Å². The number of likely N-dealkylation sites (tertiary alicyclic amines) is 1. The summed E-state index contributed by atoms with van der Waals surface area (Å²) in [6, 6.07) is 11.9. The van der Waals surface area contributed by atoms with Gasteiger partial charge in [0.05, 0.1) is 28.6 Å². The van der Waals surface area contributed by atoms with Crippen LogP contribution in [-0.4, -0.2) is 75.7 Å². The number of imidazole rings is 1. The summed E-state index contributed by atoms with van der Waals surface area (Å²) in [6.45, 7) is 13.1. The number of benzene rings is 2. The van der Waals surface area contributed by atoms with Crippen LogP contribution in [0.15, 0.2) is 42.7 Å². The van der Waals surface area contributed by atoms with Crippen molar-refractivity contribution in [1.29, 1.82) is 0 Å². The van der Waals surface area contributed by atoms with Gasteiger partial charge in [-0.2, -0.15) is 0 Å². The zero-order valence-corrected chi connectivity index (χ0v) is 31.0. The zero-order valence-electron chi connectivity index (χ0n) is 31.0. The molecule has 1 spiro atoms. The van der Waals surface area contributed by atoms with Crippen LogP contribution in [0.25, 0.3) is 22.3 Å². The maximum Gasteiger partial charge on any atom is 0.251 e. The SMILES string of the molecule is Cc1cc(F)c(Nc2nc(-c3ccc4c(c3)N(C3CC(N5CCCCC5)C3)C(=O)C43CCOCC3)cc3ncn(C(C)C)c23)cc1C(=O)NC(C)C. The van der Waals surface area contributed by atoms with E-state index in [1.54, 1.807) is 19.3 Å². The van der Waals surface area contributed by atoms with Gasteiger partial charge in [-0.3, -0.25) is 9.59 Å². The molecular weight excluding hydrogens is 657 g/mol. The summed E-state index contributed by atoms with van der Waals surface area (Å²) in [4.78, 5) is 42.2.